The molecule has 0 heterocycles. The van der Waals surface area contributed by atoms with Crippen molar-refractivity contribution >= 4 is 5.91 Å². The van der Waals surface area contributed by atoms with Gasteiger partial charge in [-0.3, -0.25) is 4.79 Å². The second kappa shape index (κ2) is 6.93. The van der Waals surface area contributed by atoms with Crippen molar-refractivity contribution in [2.24, 2.45) is 17.6 Å². The van der Waals surface area contributed by atoms with Crippen molar-refractivity contribution in [3.05, 3.63) is 0 Å². The fraction of sp³-hybridized carbons (Fsp3) is 0.909. The Morgan fingerprint density at radius 3 is 2.38 bits per heavy atom. The molecule has 0 aliphatic carbocycles. The summed E-state index contributed by atoms with van der Waals surface area (Å²) < 4.78 is 0. The van der Waals surface area contributed by atoms with E-state index in [1.807, 2.05) is 6.92 Å². The Morgan fingerprint density at radius 1 is 1.31 bits per heavy atom. The number of carbonyl (C=O) groups is 1. The number of amides is 1. The first-order chi connectivity index (χ1) is 6.07. The molecule has 0 saturated carbocycles. The minimum Gasteiger partial charge on any atom is -0.369 e. The van der Waals surface area contributed by atoms with E-state index in [1.165, 1.54) is 25.7 Å². The third kappa shape index (κ3) is 6.62. The molecule has 2 atom stereocenters. The van der Waals surface area contributed by atoms with Crippen LogP contribution in [0.5, 0.6) is 0 Å². The largest absolute Gasteiger partial charge is 0.369 e. The molecule has 0 saturated heterocycles. The quantitative estimate of drug-likeness (QED) is 0.609. The van der Waals surface area contributed by atoms with E-state index in [1.54, 1.807) is 0 Å². The summed E-state index contributed by atoms with van der Waals surface area (Å²) >= 11 is 0. The zero-order chi connectivity index (χ0) is 10.3. The summed E-state index contributed by atoms with van der Waals surface area (Å²) in [6, 6.07) is 0. The van der Waals surface area contributed by atoms with E-state index in [0.717, 1.165) is 6.42 Å². The molecule has 0 aromatic heterocycles. The third-order valence-corrected chi connectivity index (χ3v) is 2.54. The van der Waals surface area contributed by atoms with E-state index in [4.69, 9.17) is 5.73 Å². The molecule has 0 aromatic carbocycles. The van der Waals surface area contributed by atoms with Crippen molar-refractivity contribution in [2.75, 3.05) is 0 Å². The van der Waals surface area contributed by atoms with Crippen molar-refractivity contribution in [1.82, 2.24) is 0 Å². The molecule has 2 heteroatoms. The molecule has 0 bridgehead atoms. The van der Waals surface area contributed by atoms with Gasteiger partial charge in [0.25, 0.3) is 0 Å². The summed E-state index contributed by atoms with van der Waals surface area (Å²) in [5.41, 5.74) is 5.20. The van der Waals surface area contributed by atoms with Crippen LogP contribution in [0.3, 0.4) is 0 Å². The van der Waals surface area contributed by atoms with Crippen LogP contribution in [0, 0.1) is 11.8 Å². The van der Waals surface area contributed by atoms with Gasteiger partial charge < -0.3 is 5.73 Å². The van der Waals surface area contributed by atoms with Gasteiger partial charge in [0.2, 0.25) is 5.91 Å². The number of primary amides is 1. The molecule has 0 radical (unpaired) electrons. The van der Waals surface area contributed by atoms with Crippen LogP contribution in [0.15, 0.2) is 0 Å². The summed E-state index contributed by atoms with van der Waals surface area (Å²) in [7, 11) is 0. The van der Waals surface area contributed by atoms with Crippen molar-refractivity contribution in [3.63, 3.8) is 0 Å². The Hall–Kier alpha value is -0.530. The van der Waals surface area contributed by atoms with Crippen molar-refractivity contribution in [1.29, 1.82) is 0 Å². The first-order valence-electron chi connectivity index (χ1n) is 5.37. The number of hydrogen-bond donors (Lipinski definition) is 1. The Kier molecular flexibility index (Phi) is 6.65. The number of rotatable bonds is 7. The highest BCUT2D eigenvalue weighted by Gasteiger charge is 2.12. The summed E-state index contributed by atoms with van der Waals surface area (Å²) in [5, 5.41) is 0. The smallest absolute Gasteiger partial charge is 0.220 e. The Labute approximate surface area is 81.9 Å². The monoisotopic (exact) mass is 185 g/mol. The lowest BCUT2D eigenvalue weighted by Crippen LogP contribution is -2.22. The molecule has 1 amide bonds. The second-order valence-electron chi connectivity index (χ2n) is 4.14. The van der Waals surface area contributed by atoms with Crippen LogP contribution < -0.4 is 5.73 Å². The molecular weight excluding hydrogens is 162 g/mol. The maximum atomic E-state index is 10.8. The summed E-state index contributed by atoms with van der Waals surface area (Å²) in [4.78, 5) is 10.8. The van der Waals surface area contributed by atoms with Crippen molar-refractivity contribution < 1.29 is 4.79 Å². The fourth-order valence-corrected chi connectivity index (χ4v) is 1.58. The van der Waals surface area contributed by atoms with Gasteiger partial charge in [-0.25, -0.2) is 0 Å². The summed E-state index contributed by atoms with van der Waals surface area (Å²) in [5.74, 6) is 0.507. The van der Waals surface area contributed by atoms with Crippen molar-refractivity contribution in [2.45, 2.75) is 52.9 Å². The predicted molar refractivity (Wildman–Crippen MR) is 56.3 cm³/mol. The van der Waals surface area contributed by atoms with Gasteiger partial charge in [0, 0.05) is 5.92 Å². The first kappa shape index (κ1) is 12.5. The molecule has 0 rings (SSSR count). The van der Waals surface area contributed by atoms with Gasteiger partial charge in [0.15, 0.2) is 0 Å². The highest BCUT2D eigenvalue weighted by molar-refractivity contribution is 5.76. The highest BCUT2D eigenvalue weighted by atomic mass is 16.1. The lowest BCUT2D eigenvalue weighted by atomic mass is 9.92. The molecule has 0 spiro atoms. The van der Waals surface area contributed by atoms with Gasteiger partial charge in [-0.05, 0) is 12.3 Å². The minimum absolute atomic E-state index is 0.0385. The Bertz CT molecular complexity index is 145. The topological polar surface area (TPSA) is 43.1 Å². The molecule has 0 fully saturated rings. The summed E-state index contributed by atoms with van der Waals surface area (Å²) in [6.45, 7) is 6.32. The Morgan fingerprint density at radius 2 is 1.92 bits per heavy atom. The van der Waals surface area contributed by atoms with Gasteiger partial charge in [-0.15, -0.1) is 0 Å². The standard InChI is InChI=1S/C11H23NO/c1-4-5-6-7-9(2)8-10(3)11(12)13/h9-10H,4-8H2,1-3H3,(H2,12,13). The van der Waals surface area contributed by atoms with E-state index < -0.39 is 0 Å². The maximum absolute atomic E-state index is 10.8. The van der Waals surface area contributed by atoms with Crippen molar-refractivity contribution in [3.8, 4) is 0 Å². The Balaban J connectivity index is 3.49. The minimum atomic E-state index is -0.164. The lowest BCUT2D eigenvalue weighted by molar-refractivity contribution is -0.121. The average Bonchev–Trinajstić information content (AvgIpc) is 2.04. The van der Waals surface area contributed by atoms with Gasteiger partial charge in [-0.2, -0.15) is 0 Å². The lowest BCUT2D eigenvalue weighted by Gasteiger charge is -2.14. The van der Waals surface area contributed by atoms with Crippen LogP contribution in [-0.4, -0.2) is 5.91 Å². The van der Waals surface area contributed by atoms with Gasteiger partial charge in [0.1, 0.15) is 0 Å². The third-order valence-electron chi connectivity index (χ3n) is 2.54. The molecule has 2 unspecified atom stereocenters. The molecule has 0 aliphatic rings. The van der Waals surface area contributed by atoms with Gasteiger partial charge in [0.05, 0.1) is 0 Å². The van der Waals surface area contributed by atoms with Crippen LogP contribution in [-0.2, 0) is 4.79 Å². The number of nitrogens with two attached hydrogens (primary N) is 1. The van der Waals surface area contributed by atoms with E-state index >= 15 is 0 Å². The zero-order valence-electron chi connectivity index (χ0n) is 9.18. The van der Waals surface area contributed by atoms with E-state index in [9.17, 15) is 4.79 Å². The van der Waals surface area contributed by atoms with Crippen LogP contribution in [0.4, 0.5) is 0 Å². The molecule has 78 valence electrons. The van der Waals surface area contributed by atoms with Crippen LogP contribution in [0.2, 0.25) is 0 Å². The molecule has 0 aromatic rings. The maximum Gasteiger partial charge on any atom is 0.220 e. The molecule has 2 N–H and O–H groups in total. The van der Waals surface area contributed by atoms with Crippen LogP contribution >= 0.6 is 0 Å². The van der Waals surface area contributed by atoms with E-state index in [-0.39, 0.29) is 11.8 Å². The van der Waals surface area contributed by atoms with Gasteiger partial charge >= 0.3 is 0 Å². The molecule has 0 aliphatic heterocycles. The predicted octanol–water partition coefficient (Wildman–Crippen LogP) is 2.71. The molecule has 13 heavy (non-hydrogen) atoms. The normalized spacial score (nSPS) is 15.3. The second-order valence-corrected chi connectivity index (χ2v) is 4.14. The van der Waals surface area contributed by atoms with Gasteiger partial charge in [-0.1, -0.05) is 46.5 Å². The van der Waals surface area contributed by atoms with Crippen LogP contribution in [0.25, 0.3) is 0 Å². The fourth-order valence-electron chi connectivity index (χ4n) is 1.58. The van der Waals surface area contributed by atoms with E-state index in [2.05, 4.69) is 13.8 Å². The number of carbonyl (C=O) groups excluding carboxylic acids is 1. The first-order valence-corrected chi connectivity index (χ1v) is 5.37. The number of unbranched alkanes of at least 4 members (excludes halogenated alkanes) is 2. The number of hydrogen-bond acceptors (Lipinski definition) is 1. The molecular formula is C11H23NO. The SMILES string of the molecule is CCCCCC(C)CC(C)C(N)=O. The highest BCUT2D eigenvalue weighted by Crippen LogP contribution is 2.17. The van der Waals surface area contributed by atoms with Crippen LogP contribution in [0.1, 0.15) is 52.9 Å². The summed E-state index contributed by atoms with van der Waals surface area (Å²) in [6.07, 6.45) is 6.01. The van der Waals surface area contributed by atoms with E-state index in [0.29, 0.717) is 5.92 Å². The zero-order valence-corrected chi connectivity index (χ0v) is 9.18. The molecule has 2 nitrogen and oxygen atoms in total. The average molecular weight is 185 g/mol.